The molecule has 0 aliphatic carbocycles. The second-order valence-corrected chi connectivity index (χ2v) is 5.39. The van der Waals surface area contributed by atoms with Crippen molar-refractivity contribution in [1.29, 1.82) is 0 Å². The van der Waals surface area contributed by atoms with Gasteiger partial charge in [-0.2, -0.15) is 0 Å². The Bertz CT molecular complexity index is 737. The molecule has 0 aliphatic rings. The van der Waals surface area contributed by atoms with Gasteiger partial charge in [-0.05, 0) is 24.3 Å². The number of hydrogen-bond acceptors (Lipinski definition) is 3. The highest BCUT2D eigenvalue weighted by molar-refractivity contribution is 6.42. The standard InChI is InChI=1S/C16H12Cl2FNO3/c17-12-6-5-10(7-13(12)18)16(22)23-9-15(21)20-8-11-3-1-2-4-14(11)19/h1-7H,8-9H2,(H,20,21). The highest BCUT2D eigenvalue weighted by Gasteiger charge is 2.12. The molecule has 2 rings (SSSR count). The van der Waals surface area contributed by atoms with Gasteiger partial charge in [-0.1, -0.05) is 41.4 Å². The van der Waals surface area contributed by atoms with Gasteiger partial charge < -0.3 is 10.1 Å². The number of nitrogens with one attached hydrogen (secondary N) is 1. The fraction of sp³-hybridized carbons (Fsp3) is 0.125. The number of rotatable bonds is 5. The molecule has 7 heteroatoms. The SMILES string of the molecule is O=C(COC(=O)c1ccc(Cl)c(Cl)c1)NCc1ccccc1F. The second-order valence-electron chi connectivity index (χ2n) is 4.57. The molecule has 2 aromatic carbocycles. The lowest BCUT2D eigenvalue weighted by molar-refractivity contribution is -0.124. The molecule has 23 heavy (non-hydrogen) atoms. The van der Waals surface area contributed by atoms with Gasteiger partial charge in [-0.3, -0.25) is 4.79 Å². The van der Waals surface area contributed by atoms with Gasteiger partial charge in [0.2, 0.25) is 0 Å². The van der Waals surface area contributed by atoms with E-state index in [0.717, 1.165) is 0 Å². The number of ether oxygens (including phenoxy) is 1. The van der Waals surface area contributed by atoms with E-state index in [1.807, 2.05) is 0 Å². The van der Waals surface area contributed by atoms with Crippen LogP contribution in [0.1, 0.15) is 15.9 Å². The minimum atomic E-state index is -0.704. The lowest BCUT2D eigenvalue weighted by Crippen LogP contribution is -2.28. The maximum atomic E-state index is 13.4. The summed E-state index contributed by atoms with van der Waals surface area (Å²) in [7, 11) is 0. The van der Waals surface area contributed by atoms with Gasteiger partial charge in [0.15, 0.2) is 6.61 Å². The predicted molar refractivity (Wildman–Crippen MR) is 85.0 cm³/mol. The molecule has 0 atom stereocenters. The number of carbonyl (C=O) groups excluding carboxylic acids is 2. The molecule has 0 fully saturated rings. The molecule has 0 radical (unpaired) electrons. The zero-order chi connectivity index (χ0) is 16.8. The molecule has 4 nitrogen and oxygen atoms in total. The molecule has 0 bridgehead atoms. The summed E-state index contributed by atoms with van der Waals surface area (Å²) in [6, 6.07) is 10.3. The van der Waals surface area contributed by atoms with Crippen molar-refractivity contribution in [3.05, 3.63) is 69.5 Å². The Morgan fingerprint density at radius 1 is 1.09 bits per heavy atom. The molecule has 0 heterocycles. The van der Waals surface area contributed by atoms with Gasteiger partial charge >= 0.3 is 5.97 Å². The van der Waals surface area contributed by atoms with E-state index in [-0.39, 0.29) is 17.1 Å². The average molecular weight is 356 g/mol. The van der Waals surface area contributed by atoms with Crippen molar-refractivity contribution < 1.29 is 18.7 Å². The topological polar surface area (TPSA) is 55.4 Å². The number of halogens is 3. The normalized spacial score (nSPS) is 10.2. The van der Waals surface area contributed by atoms with Gasteiger partial charge in [0.05, 0.1) is 15.6 Å². The maximum absolute atomic E-state index is 13.4. The first-order valence-electron chi connectivity index (χ1n) is 6.59. The highest BCUT2D eigenvalue weighted by Crippen LogP contribution is 2.22. The van der Waals surface area contributed by atoms with E-state index in [1.54, 1.807) is 18.2 Å². The Morgan fingerprint density at radius 2 is 1.83 bits per heavy atom. The lowest BCUT2D eigenvalue weighted by atomic mass is 10.2. The van der Waals surface area contributed by atoms with Crippen molar-refractivity contribution in [3.63, 3.8) is 0 Å². The summed E-state index contributed by atoms with van der Waals surface area (Å²) < 4.78 is 18.2. The quantitative estimate of drug-likeness (QED) is 0.833. The van der Waals surface area contributed by atoms with Crippen LogP contribution in [0.3, 0.4) is 0 Å². The smallest absolute Gasteiger partial charge is 0.338 e. The van der Waals surface area contributed by atoms with Crippen LogP contribution in [0.15, 0.2) is 42.5 Å². The molecule has 1 amide bonds. The van der Waals surface area contributed by atoms with E-state index in [9.17, 15) is 14.0 Å². The first-order valence-corrected chi connectivity index (χ1v) is 7.35. The average Bonchev–Trinajstić information content (AvgIpc) is 2.54. The molecule has 120 valence electrons. The third kappa shape index (κ3) is 4.94. The van der Waals surface area contributed by atoms with Crippen molar-refractivity contribution in [3.8, 4) is 0 Å². The molecular weight excluding hydrogens is 344 g/mol. The first-order chi connectivity index (χ1) is 11.0. The van der Waals surface area contributed by atoms with E-state index in [2.05, 4.69) is 5.32 Å². The first kappa shape index (κ1) is 17.2. The van der Waals surface area contributed by atoms with Crippen LogP contribution in [0.25, 0.3) is 0 Å². The van der Waals surface area contributed by atoms with Crippen LogP contribution in [0.5, 0.6) is 0 Å². The van der Waals surface area contributed by atoms with Crippen molar-refractivity contribution in [2.75, 3.05) is 6.61 Å². The van der Waals surface area contributed by atoms with Crippen LogP contribution in [0.2, 0.25) is 10.0 Å². The minimum Gasteiger partial charge on any atom is -0.452 e. The number of amides is 1. The molecule has 1 N–H and O–H groups in total. The molecule has 0 saturated heterocycles. The summed E-state index contributed by atoms with van der Waals surface area (Å²) >= 11 is 11.5. The Morgan fingerprint density at radius 3 is 2.52 bits per heavy atom. The summed E-state index contributed by atoms with van der Waals surface area (Å²) in [5.41, 5.74) is 0.526. The van der Waals surface area contributed by atoms with E-state index < -0.39 is 24.3 Å². The molecular formula is C16H12Cl2FNO3. The fourth-order valence-corrected chi connectivity index (χ4v) is 2.02. The summed E-state index contributed by atoms with van der Waals surface area (Å²) in [6.45, 7) is -0.469. The predicted octanol–water partition coefficient (Wildman–Crippen LogP) is 3.61. The summed E-state index contributed by atoms with van der Waals surface area (Å²) in [5.74, 6) is -1.66. The van der Waals surface area contributed by atoms with E-state index in [1.165, 1.54) is 24.3 Å². The lowest BCUT2D eigenvalue weighted by Gasteiger charge is -2.08. The summed E-state index contributed by atoms with van der Waals surface area (Å²) in [4.78, 5) is 23.4. The molecule has 0 unspecified atom stereocenters. The summed E-state index contributed by atoms with van der Waals surface area (Å²) in [5, 5.41) is 2.99. The van der Waals surface area contributed by atoms with Gasteiger partial charge in [0.25, 0.3) is 5.91 Å². The van der Waals surface area contributed by atoms with Crippen LogP contribution in [0.4, 0.5) is 4.39 Å². The molecule has 0 spiro atoms. The summed E-state index contributed by atoms with van der Waals surface area (Å²) in [6.07, 6.45) is 0. The van der Waals surface area contributed by atoms with Gasteiger partial charge in [-0.15, -0.1) is 0 Å². The zero-order valence-corrected chi connectivity index (χ0v) is 13.3. The van der Waals surface area contributed by atoms with Gasteiger partial charge in [-0.25, -0.2) is 9.18 Å². The second kappa shape index (κ2) is 7.94. The Labute approximate surface area is 142 Å². The van der Waals surface area contributed by atoms with Crippen LogP contribution < -0.4 is 5.32 Å². The van der Waals surface area contributed by atoms with Crippen LogP contribution in [-0.4, -0.2) is 18.5 Å². The monoisotopic (exact) mass is 355 g/mol. The number of benzene rings is 2. The molecule has 0 aromatic heterocycles. The maximum Gasteiger partial charge on any atom is 0.338 e. The highest BCUT2D eigenvalue weighted by atomic mass is 35.5. The Kier molecular flexibility index (Phi) is 5.96. The third-order valence-corrected chi connectivity index (χ3v) is 3.66. The fourth-order valence-electron chi connectivity index (χ4n) is 1.72. The van der Waals surface area contributed by atoms with Gasteiger partial charge in [0.1, 0.15) is 5.82 Å². The molecule has 0 saturated carbocycles. The van der Waals surface area contributed by atoms with Crippen molar-refractivity contribution in [1.82, 2.24) is 5.32 Å². The van der Waals surface area contributed by atoms with Crippen molar-refractivity contribution in [2.24, 2.45) is 0 Å². The molecule has 2 aromatic rings. The van der Waals surface area contributed by atoms with Crippen LogP contribution >= 0.6 is 23.2 Å². The molecule has 0 aliphatic heterocycles. The minimum absolute atomic E-state index is 0.00975. The third-order valence-electron chi connectivity index (χ3n) is 2.92. The van der Waals surface area contributed by atoms with E-state index in [0.29, 0.717) is 10.6 Å². The number of carbonyl (C=O) groups is 2. The van der Waals surface area contributed by atoms with E-state index in [4.69, 9.17) is 27.9 Å². The number of esters is 1. The van der Waals surface area contributed by atoms with Crippen LogP contribution in [-0.2, 0) is 16.1 Å². The van der Waals surface area contributed by atoms with E-state index >= 15 is 0 Å². The zero-order valence-electron chi connectivity index (χ0n) is 11.8. The Balaban J connectivity index is 1.83. The van der Waals surface area contributed by atoms with Gasteiger partial charge in [0, 0.05) is 12.1 Å². The van der Waals surface area contributed by atoms with Crippen molar-refractivity contribution in [2.45, 2.75) is 6.54 Å². The Hall–Kier alpha value is -2.11. The van der Waals surface area contributed by atoms with Crippen LogP contribution in [0, 0.1) is 5.82 Å². The van der Waals surface area contributed by atoms with Crippen molar-refractivity contribution >= 4 is 35.1 Å². The largest absolute Gasteiger partial charge is 0.452 e. The number of hydrogen-bond donors (Lipinski definition) is 1.